The van der Waals surface area contributed by atoms with E-state index in [2.05, 4.69) is 0 Å². The van der Waals surface area contributed by atoms with Gasteiger partial charge in [0.15, 0.2) is 16.9 Å². The maximum absolute atomic E-state index is 12.8. The molecule has 0 amide bonds. The number of hydrogen-bond donors (Lipinski definition) is 1. The van der Waals surface area contributed by atoms with Crippen molar-refractivity contribution in [2.24, 2.45) is 10.8 Å². The Morgan fingerprint density at radius 2 is 1.63 bits per heavy atom. The van der Waals surface area contributed by atoms with Crippen molar-refractivity contribution >= 4 is 16.9 Å². The third-order valence-electron chi connectivity index (χ3n) is 5.95. The minimum absolute atomic E-state index is 0.112. The Morgan fingerprint density at radius 3 is 2.15 bits per heavy atom. The van der Waals surface area contributed by atoms with E-state index in [1.165, 1.54) is 13.8 Å². The smallest absolute Gasteiger partial charge is 0.170 e. The van der Waals surface area contributed by atoms with Gasteiger partial charge in [-0.15, -0.1) is 0 Å². The first-order chi connectivity index (χ1) is 12.1. The van der Waals surface area contributed by atoms with Crippen LogP contribution in [0.15, 0.2) is 0 Å². The molecule has 3 atom stereocenters. The Bertz CT molecular complexity index is 530. The number of ketones is 1. The summed E-state index contributed by atoms with van der Waals surface area (Å²) in [6.07, 6.45) is 4.05. The number of unbranched alkanes of at least 4 members (excludes halogenated alkanes) is 2. The zero-order chi connectivity index (χ0) is 21.1. The Morgan fingerprint density at radius 1 is 1.07 bits per heavy atom. The molecule has 0 spiro atoms. The highest BCUT2D eigenvalue weighted by Gasteiger charge is 2.60. The molecule has 1 unspecified atom stereocenters. The first-order valence-electron chi connectivity index (χ1n) is 10.1. The summed E-state index contributed by atoms with van der Waals surface area (Å²) >= 11 is -1.44. The maximum Gasteiger partial charge on any atom is 0.170 e. The molecular weight excluding hydrogens is 364 g/mol. The molecule has 1 aliphatic carbocycles. The van der Waals surface area contributed by atoms with Crippen molar-refractivity contribution in [2.45, 2.75) is 104 Å². The lowest BCUT2D eigenvalue weighted by Gasteiger charge is -2.42. The quantitative estimate of drug-likeness (QED) is 0.553. The third kappa shape index (κ3) is 6.34. The van der Waals surface area contributed by atoms with Gasteiger partial charge in [-0.3, -0.25) is 8.98 Å². The number of Topliss-reactive ketones (excluding diaryl/α,β-unsaturated/α-hetero) is 1. The second kappa shape index (κ2) is 9.02. The van der Waals surface area contributed by atoms with Crippen LogP contribution >= 0.6 is 0 Å². The molecule has 160 valence electrons. The zero-order valence-corrected chi connectivity index (χ0v) is 19.3. The third-order valence-corrected chi connectivity index (χ3v) is 7.63. The molecule has 0 aromatic rings. The van der Waals surface area contributed by atoms with Crippen LogP contribution in [0.3, 0.4) is 0 Å². The molecule has 0 aliphatic heterocycles. The molecule has 1 rings (SSSR count). The number of carbonyl (C=O) groups excluding carboxylic acids is 1. The molecule has 5 nitrogen and oxygen atoms in total. The Hall–Kier alpha value is -0.300. The van der Waals surface area contributed by atoms with Gasteiger partial charge in [-0.2, -0.15) is 0 Å². The van der Waals surface area contributed by atoms with Gasteiger partial charge in [0.25, 0.3) is 0 Å². The fourth-order valence-electron chi connectivity index (χ4n) is 3.86. The lowest BCUT2D eigenvalue weighted by Crippen LogP contribution is -2.51. The molecule has 6 heteroatoms. The van der Waals surface area contributed by atoms with E-state index in [0.29, 0.717) is 19.4 Å². The highest BCUT2D eigenvalue weighted by atomic mass is 32.2. The second-order valence-corrected chi connectivity index (χ2v) is 11.4. The number of ether oxygens (including phenoxy) is 1. The average molecular weight is 405 g/mol. The van der Waals surface area contributed by atoms with E-state index in [4.69, 9.17) is 8.92 Å². The maximum atomic E-state index is 12.8. The second-order valence-electron chi connectivity index (χ2n) is 10.1. The number of aliphatic hydroxyl groups is 1. The Kier molecular flexibility index (Phi) is 8.26. The Balaban J connectivity index is 2.49. The van der Waals surface area contributed by atoms with Crippen LogP contribution in [0.2, 0.25) is 0 Å². The Labute approximate surface area is 168 Å². The van der Waals surface area contributed by atoms with E-state index >= 15 is 0 Å². The molecule has 1 saturated carbocycles. The van der Waals surface area contributed by atoms with Crippen molar-refractivity contribution in [1.29, 1.82) is 0 Å². The van der Waals surface area contributed by atoms with E-state index in [1.807, 2.05) is 41.5 Å². The van der Waals surface area contributed by atoms with Crippen LogP contribution in [0.25, 0.3) is 0 Å². The molecule has 27 heavy (non-hydrogen) atoms. The SMILES string of the molecule is CC(C)(C)OCCCCCOS(=O)[C@H]1CC[C@@](C)(C(=O)C(C)(C)O)C1(C)C. The van der Waals surface area contributed by atoms with Crippen molar-refractivity contribution < 1.29 is 23.0 Å². The number of hydrogen-bond acceptors (Lipinski definition) is 5. The van der Waals surface area contributed by atoms with Crippen LogP contribution in [0, 0.1) is 10.8 Å². The summed E-state index contributed by atoms with van der Waals surface area (Å²) in [7, 11) is 0. The van der Waals surface area contributed by atoms with Crippen LogP contribution in [-0.2, 0) is 24.8 Å². The van der Waals surface area contributed by atoms with Crippen molar-refractivity contribution in [3.8, 4) is 0 Å². The van der Waals surface area contributed by atoms with Crippen LogP contribution in [0.5, 0.6) is 0 Å². The molecule has 0 aromatic carbocycles. The molecule has 1 fully saturated rings. The number of rotatable bonds is 10. The topological polar surface area (TPSA) is 72.8 Å². The predicted molar refractivity (Wildman–Crippen MR) is 110 cm³/mol. The molecule has 0 bridgehead atoms. The van der Waals surface area contributed by atoms with Gasteiger partial charge in [-0.25, -0.2) is 4.21 Å². The van der Waals surface area contributed by atoms with Gasteiger partial charge in [0.2, 0.25) is 0 Å². The fraction of sp³-hybridized carbons (Fsp3) is 0.952. The lowest BCUT2D eigenvalue weighted by atomic mass is 9.63. The van der Waals surface area contributed by atoms with Crippen LogP contribution in [0.1, 0.15) is 87.5 Å². The first kappa shape index (κ1) is 24.7. The summed E-state index contributed by atoms with van der Waals surface area (Å²) in [5, 5.41) is 9.99. The lowest BCUT2D eigenvalue weighted by molar-refractivity contribution is -0.149. The largest absolute Gasteiger partial charge is 0.383 e. The van der Waals surface area contributed by atoms with E-state index in [0.717, 1.165) is 25.9 Å². The predicted octanol–water partition coefficient (Wildman–Crippen LogP) is 4.19. The summed E-state index contributed by atoms with van der Waals surface area (Å²) in [4.78, 5) is 12.8. The van der Waals surface area contributed by atoms with Gasteiger partial charge in [0, 0.05) is 12.0 Å². The molecule has 0 aromatic heterocycles. The van der Waals surface area contributed by atoms with Gasteiger partial charge in [0.05, 0.1) is 17.5 Å². The molecule has 0 radical (unpaired) electrons. The van der Waals surface area contributed by atoms with Gasteiger partial charge >= 0.3 is 0 Å². The van der Waals surface area contributed by atoms with E-state index in [1.54, 1.807) is 0 Å². The van der Waals surface area contributed by atoms with Gasteiger partial charge in [0.1, 0.15) is 5.60 Å². The summed E-state index contributed by atoms with van der Waals surface area (Å²) in [5.41, 5.74) is -2.72. The van der Waals surface area contributed by atoms with Crippen molar-refractivity contribution in [1.82, 2.24) is 0 Å². The molecule has 1 N–H and O–H groups in total. The molecular formula is C21H40O5S. The summed E-state index contributed by atoms with van der Waals surface area (Å²) in [6, 6.07) is 0. The number of carbonyl (C=O) groups is 1. The fourth-order valence-corrected chi connectivity index (χ4v) is 5.36. The summed E-state index contributed by atoms with van der Waals surface area (Å²) < 4.78 is 24.0. The molecule has 1 aliphatic rings. The minimum Gasteiger partial charge on any atom is -0.383 e. The van der Waals surface area contributed by atoms with Crippen molar-refractivity contribution in [3.63, 3.8) is 0 Å². The highest BCUT2D eigenvalue weighted by molar-refractivity contribution is 7.80. The summed E-state index contributed by atoms with van der Waals surface area (Å²) in [6.45, 7) is 16.2. The zero-order valence-electron chi connectivity index (χ0n) is 18.5. The summed E-state index contributed by atoms with van der Waals surface area (Å²) in [5.74, 6) is -0.182. The van der Waals surface area contributed by atoms with Crippen molar-refractivity contribution in [2.75, 3.05) is 13.2 Å². The average Bonchev–Trinajstić information content (AvgIpc) is 2.74. The van der Waals surface area contributed by atoms with E-state index < -0.39 is 27.5 Å². The molecule has 0 heterocycles. The first-order valence-corrected chi connectivity index (χ1v) is 11.2. The van der Waals surface area contributed by atoms with Gasteiger partial charge in [-0.1, -0.05) is 20.8 Å². The van der Waals surface area contributed by atoms with Crippen molar-refractivity contribution in [3.05, 3.63) is 0 Å². The molecule has 0 saturated heterocycles. The van der Waals surface area contributed by atoms with Crippen LogP contribution < -0.4 is 0 Å². The normalized spacial score (nSPS) is 26.9. The minimum atomic E-state index is -1.44. The standard InChI is InChI=1S/C21H40O5S/c1-18(2,3)25-14-10-9-11-15-26-27(24)16-12-13-21(8,19(16,4)5)17(22)20(6,7)23/h16,23H,9-15H2,1-8H3/t16-,21-,27?/m0/s1. The van der Waals surface area contributed by atoms with E-state index in [9.17, 15) is 14.1 Å². The van der Waals surface area contributed by atoms with Gasteiger partial charge in [-0.05, 0) is 72.1 Å². The van der Waals surface area contributed by atoms with Crippen LogP contribution in [0.4, 0.5) is 0 Å². The van der Waals surface area contributed by atoms with Crippen LogP contribution in [-0.4, -0.2) is 44.8 Å². The van der Waals surface area contributed by atoms with Gasteiger partial charge < -0.3 is 9.84 Å². The monoisotopic (exact) mass is 404 g/mol. The van der Waals surface area contributed by atoms with E-state index in [-0.39, 0.29) is 16.6 Å². The highest BCUT2D eigenvalue weighted by Crippen LogP contribution is 2.56.